The van der Waals surface area contributed by atoms with Gasteiger partial charge in [0, 0.05) is 17.8 Å². The molecule has 38 heavy (non-hydrogen) atoms. The molecule has 9 heteroatoms. The maximum atomic E-state index is 14.0. The number of carbonyl (C=O) groups excluding carboxylic acids is 3. The number of amides is 3. The topological polar surface area (TPSA) is 108 Å². The second-order valence-corrected chi connectivity index (χ2v) is 12.2. The molecule has 0 heterocycles. The van der Waals surface area contributed by atoms with E-state index < -0.39 is 35.2 Å². The van der Waals surface area contributed by atoms with E-state index in [2.05, 4.69) is 30.2 Å². The molecule has 8 nitrogen and oxygen atoms in total. The van der Waals surface area contributed by atoms with E-state index in [0.29, 0.717) is 24.1 Å². The minimum absolute atomic E-state index is 0.0350. The highest BCUT2D eigenvalue weighted by atomic mass is 32.1. The van der Waals surface area contributed by atoms with Crippen LogP contribution in [0.15, 0.2) is 18.2 Å². The number of unbranched alkanes of at least 4 members (excludes halogenated alkanes) is 5. The van der Waals surface area contributed by atoms with Gasteiger partial charge >= 0.3 is 6.09 Å². The number of benzene rings is 1. The summed E-state index contributed by atoms with van der Waals surface area (Å²) in [5, 5.41) is 15.8. The average molecular weight is 552 g/mol. The van der Waals surface area contributed by atoms with Crippen molar-refractivity contribution in [2.24, 2.45) is 0 Å². The van der Waals surface area contributed by atoms with Gasteiger partial charge in [-0.25, -0.2) is 4.79 Å². The maximum Gasteiger partial charge on any atom is 0.408 e. The van der Waals surface area contributed by atoms with E-state index in [9.17, 15) is 19.5 Å². The molecule has 216 valence electrons. The molecule has 0 fully saturated rings. The van der Waals surface area contributed by atoms with Crippen LogP contribution in [0.2, 0.25) is 0 Å². The normalized spacial score (nSPS) is 13.4. The number of aromatic hydroxyl groups is 1. The van der Waals surface area contributed by atoms with Crippen molar-refractivity contribution >= 4 is 30.5 Å². The van der Waals surface area contributed by atoms with Crippen molar-refractivity contribution in [1.29, 1.82) is 0 Å². The van der Waals surface area contributed by atoms with Gasteiger partial charge in [-0.05, 0) is 78.1 Å². The van der Waals surface area contributed by atoms with Crippen molar-refractivity contribution in [1.82, 2.24) is 15.5 Å². The first-order chi connectivity index (χ1) is 17.6. The van der Waals surface area contributed by atoms with Crippen LogP contribution in [-0.2, 0) is 14.3 Å². The Balaban J connectivity index is 3.42. The minimum Gasteiger partial charge on any atom is -0.508 e. The third-order valence-corrected chi connectivity index (χ3v) is 6.17. The van der Waals surface area contributed by atoms with Gasteiger partial charge in [-0.15, -0.1) is 0 Å². The molecule has 0 aliphatic heterocycles. The summed E-state index contributed by atoms with van der Waals surface area (Å²) in [6, 6.07) is 2.97. The van der Waals surface area contributed by atoms with Gasteiger partial charge in [0.1, 0.15) is 23.4 Å². The van der Waals surface area contributed by atoms with E-state index in [4.69, 9.17) is 4.74 Å². The Morgan fingerprint density at radius 1 is 1.03 bits per heavy atom. The fraction of sp³-hybridized carbons (Fsp3) is 0.690. The fourth-order valence-corrected chi connectivity index (χ4v) is 4.27. The molecule has 1 rings (SSSR count). The molecule has 0 saturated heterocycles. The predicted octanol–water partition coefficient (Wildman–Crippen LogP) is 5.67. The first-order valence-electron chi connectivity index (χ1n) is 13.6. The standard InChI is InChI=1S/C29H49N3O5S/c1-9-10-11-12-13-14-17-32(26(35)22(19-38)30-27(36)37-29(6,7)8)24(25(34)31-28(3,4)5)21-15-16-23(33)20(2)18-21/h15-16,18,22,24,33,38H,9-14,17,19H2,1-8H3,(H,30,36)(H,31,34). The number of nitrogens with zero attached hydrogens (tertiary/aromatic N) is 1. The highest BCUT2D eigenvalue weighted by molar-refractivity contribution is 7.80. The number of hydrogen-bond acceptors (Lipinski definition) is 6. The van der Waals surface area contributed by atoms with Gasteiger partial charge in [0.15, 0.2) is 0 Å². The van der Waals surface area contributed by atoms with E-state index in [-0.39, 0.29) is 17.4 Å². The van der Waals surface area contributed by atoms with E-state index >= 15 is 0 Å². The molecule has 3 N–H and O–H groups in total. The van der Waals surface area contributed by atoms with Crippen LogP contribution in [0.25, 0.3) is 0 Å². The number of nitrogens with one attached hydrogen (secondary N) is 2. The van der Waals surface area contributed by atoms with E-state index in [0.717, 1.165) is 32.1 Å². The predicted molar refractivity (Wildman–Crippen MR) is 156 cm³/mol. The van der Waals surface area contributed by atoms with Gasteiger partial charge in [0.05, 0.1) is 0 Å². The molecule has 0 radical (unpaired) electrons. The Morgan fingerprint density at radius 2 is 1.63 bits per heavy atom. The molecule has 3 amide bonds. The third-order valence-electron chi connectivity index (χ3n) is 5.80. The highest BCUT2D eigenvalue weighted by Crippen LogP contribution is 2.28. The Hall–Kier alpha value is -2.42. The van der Waals surface area contributed by atoms with Crippen LogP contribution in [0.1, 0.15) is 104 Å². The van der Waals surface area contributed by atoms with E-state index in [1.807, 2.05) is 20.8 Å². The molecule has 0 aromatic heterocycles. The molecule has 1 aromatic carbocycles. The van der Waals surface area contributed by atoms with Crippen LogP contribution < -0.4 is 10.6 Å². The zero-order valence-corrected chi connectivity index (χ0v) is 25.4. The van der Waals surface area contributed by atoms with Gasteiger partial charge in [-0.3, -0.25) is 9.59 Å². The van der Waals surface area contributed by atoms with Crippen molar-refractivity contribution in [3.63, 3.8) is 0 Å². The van der Waals surface area contributed by atoms with Gasteiger partial charge in [-0.1, -0.05) is 45.1 Å². The number of hydrogen-bond donors (Lipinski definition) is 4. The first kappa shape index (κ1) is 33.6. The van der Waals surface area contributed by atoms with Crippen molar-refractivity contribution < 1.29 is 24.2 Å². The Morgan fingerprint density at radius 3 is 2.16 bits per heavy atom. The monoisotopic (exact) mass is 551 g/mol. The largest absolute Gasteiger partial charge is 0.508 e. The average Bonchev–Trinajstić information content (AvgIpc) is 2.78. The van der Waals surface area contributed by atoms with Crippen LogP contribution in [0.4, 0.5) is 4.79 Å². The van der Waals surface area contributed by atoms with Crippen molar-refractivity contribution in [3.05, 3.63) is 29.3 Å². The van der Waals surface area contributed by atoms with Crippen molar-refractivity contribution in [3.8, 4) is 5.75 Å². The zero-order chi connectivity index (χ0) is 29.1. The second-order valence-electron chi connectivity index (χ2n) is 11.9. The van der Waals surface area contributed by atoms with Crippen LogP contribution in [0, 0.1) is 6.92 Å². The van der Waals surface area contributed by atoms with Gasteiger partial charge < -0.3 is 25.4 Å². The lowest BCUT2D eigenvalue weighted by Gasteiger charge is -2.36. The molecule has 0 aliphatic carbocycles. The Bertz CT molecular complexity index is 924. The lowest BCUT2D eigenvalue weighted by molar-refractivity contribution is -0.142. The quantitative estimate of drug-likeness (QED) is 0.187. The summed E-state index contributed by atoms with van der Waals surface area (Å²) >= 11 is 4.34. The molecule has 0 spiro atoms. The fourth-order valence-electron chi connectivity index (χ4n) is 4.02. The number of carbonyl (C=O) groups is 3. The molecule has 0 bridgehead atoms. The highest BCUT2D eigenvalue weighted by Gasteiger charge is 2.37. The number of rotatable bonds is 13. The van der Waals surface area contributed by atoms with Crippen LogP contribution in [-0.4, -0.2) is 57.4 Å². The zero-order valence-electron chi connectivity index (χ0n) is 24.5. The molecule has 0 aliphatic rings. The molecule has 2 atom stereocenters. The molecular weight excluding hydrogens is 502 g/mol. The van der Waals surface area contributed by atoms with E-state index in [1.54, 1.807) is 39.8 Å². The summed E-state index contributed by atoms with van der Waals surface area (Å²) in [6.07, 6.45) is 5.36. The summed E-state index contributed by atoms with van der Waals surface area (Å²) < 4.78 is 5.36. The second kappa shape index (κ2) is 15.2. The smallest absolute Gasteiger partial charge is 0.408 e. The van der Waals surface area contributed by atoms with Crippen molar-refractivity contribution in [2.75, 3.05) is 12.3 Å². The first-order valence-corrected chi connectivity index (χ1v) is 14.2. The lowest BCUT2D eigenvalue weighted by atomic mass is 9.98. The minimum atomic E-state index is -0.989. The van der Waals surface area contributed by atoms with Gasteiger partial charge in [0.25, 0.3) is 0 Å². The maximum absolute atomic E-state index is 14.0. The van der Waals surface area contributed by atoms with Crippen molar-refractivity contribution in [2.45, 2.75) is 117 Å². The van der Waals surface area contributed by atoms with E-state index in [1.165, 1.54) is 11.0 Å². The Labute approximate surface area is 234 Å². The lowest BCUT2D eigenvalue weighted by Crippen LogP contribution is -2.55. The number of phenolic OH excluding ortho intramolecular Hbond substituents is 1. The Kier molecular flexibility index (Phi) is 13.5. The molecule has 1 aromatic rings. The molecular formula is C29H49N3O5S. The summed E-state index contributed by atoms with van der Waals surface area (Å²) in [7, 11) is 0. The number of phenols is 1. The summed E-state index contributed by atoms with van der Waals surface area (Å²) in [6.45, 7) is 15.1. The number of thiol groups is 1. The van der Waals surface area contributed by atoms with Crippen LogP contribution in [0.5, 0.6) is 5.75 Å². The van der Waals surface area contributed by atoms with Gasteiger partial charge in [0.2, 0.25) is 11.8 Å². The van der Waals surface area contributed by atoms with Crippen LogP contribution in [0.3, 0.4) is 0 Å². The molecule has 0 saturated carbocycles. The number of aryl methyl sites for hydroxylation is 1. The summed E-state index contributed by atoms with van der Waals surface area (Å²) in [4.78, 5) is 41.7. The summed E-state index contributed by atoms with van der Waals surface area (Å²) in [5.74, 6) is -0.610. The third kappa shape index (κ3) is 12.0. The number of ether oxygens (including phenoxy) is 1. The molecule has 2 unspecified atom stereocenters. The number of alkyl carbamates (subject to hydrolysis) is 1. The SMILES string of the molecule is CCCCCCCCN(C(=O)C(CS)NC(=O)OC(C)(C)C)C(C(=O)NC(C)(C)C)c1ccc(O)c(C)c1. The van der Waals surface area contributed by atoms with Gasteiger partial charge in [-0.2, -0.15) is 12.6 Å². The van der Waals surface area contributed by atoms with Crippen LogP contribution >= 0.6 is 12.6 Å². The summed E-state index contributed by atoms with van der Waals surface area (Å²) in [5.41, 5.74) is -0.0869.